The summed E-state index contributed by atoms with van der Waals surface area (Å²) in [4.78, 5) is 0. The van der Waals surface area contributed by atoms with E-state index < -0.39 is 0 Å². The summed E-state index contributed by atoms with van der Waals surface area (Å²) in [7, 11) is 0. The topological polar surface area (TPSA) is 20.2 Å². The van der Waals surface area contributed by atoms with Gasteiger partial charge in [0.2, 0.25) is 0 Å². The molecule has 96 valence electrons. The lowest BCUT2D eigenvalue weighted by molar-refractivity contribution is 0.162. The normalized spacial score (nSPS) is 12.7. The molecule has 1 nitrogen and oxygen atoms in total. The number of aliphatic hydroxyl groups excluding tert-OH is 1. The summed E-state index contributed by atoms with van der Waals surface area (Å²) in [6, 6.07) is 6.15. The van der Waals surface area contributed by atoms with Crippen molar-refractivity contribution in [1.82, 2.24) is 0 Å². The van der Waals surface area contributed by atoms with Crippen LogP contribution in [0.3, 0.4) is 0 Å². The standard InChI is InChI=1S/C15H23BrO/c1-3-4-5-6-7-8-15(17)13-11-12(2)9-10-14(13)16/h9-11,15,17H,3-8H2,1-2H3. The molecule has 1 aromatic rings. The Morgan fingerprint density at radius 3 is 2.59 bits per heavy atom. The highest BCUT2D eigenvalue weighted by molar-refractivity contribution is 9.10. The molecule has 0 radical (unpaired) electrons. The number of unbranched alkanes of at least 4 members (excludes halogenated alkanes) is 4. The smallest absolute Gasteiger partial charge is 0.0801 e. The van der Waals surface area contributed by atoms with Crippen molar-refractivity contribution in [3.05, 3.63) is 33.8 Å². The van der Waals surface area contributed by atoms with Crippen molar-refractivity contribution in [2.45, 2.75) is 58.5 Å². The minimum Gasteiger partial charge on any atom is -0.388 e. The third-order valence-corrected chi connectivity index (χ3v) is 3.81. The number of hydrogen-bond acceptors (Lipinski definition) is 1. The van der Waals surface area contributed by atoms with Crippen LogP contribution in [0.5, 0.6) is 0 Å². The van der Waals surface area contributed by atoms with Crippen molar-refractivity contribution in [2.24, 2.45) is 0 Å². The van der Waals surface area contributed by atoms with Gasteiger partial charge in [-0.05, 0) is 25.0 Å². The van der Waals surface area contributed by atoms with Gasteiger partial charge in [0.25, 0.3) is 0 Å². The molecule has 0 aliphatic carbocycles. The summed E-state index contributed by atoms with van der Waals surface area (Å²) >= 11 is 3.50. The fraction of sp³-hybridized carbons (Fsp3) is 0.600. The minimum atomic E-state index is -0.328. The lowest BCUT2D eigenvalue weighted by atomic mass is 10.0. The first-order valence-electron chi connectivity index (χ1n) is 6.59. The first kappa shape index (κ1) is 14.7. The van der Waals surface area contributed by atoms with Gasteiger partial charge in [0.05, 0.1) is 6.10 Å². The van der Waals surface area contributed by atoms with Gasteiger partial charge in [0.15, 0.2) is 0 Å². The van der Waals surface area contributed by atoms with E-state index in [1.807, 2.05) is 6.07 Å². The van der Waals surface area contributed by atoms with E-state index in [0.717, 1.165) is 22.9 Å². The van der Waals surface area contributed by atoms with Crippen LogP contribution in [0.4, 0.5) is 0 Å². The van der Waals surface area contributed by atoms with E-state index in [-0.39, 0.29) is 6.10 Å². The number of hydrogen-bond donors (Lipinski definition) is 1. The maximum Gasteiger partial charge on any atom is 0.0801 e. The zero-order valence-electron chi connectivity index (χ0n) is 10.9. The molecular weight excluding hydrogens is 276 g/mol. The van der Waals surface area contributed by atoms with E-state index in [2.05, 4.69) is 41.9 Å². The van der Waals surface area contributed by atoms with Crippen LogP contribution in [0.1, 0.15) is 62.7 Å². The van der Waals surface area contributed by atoms with Crippen LogP contribution in [0.15, 0.2) is 22.7 Å². The second kappa shape index (κ2) is 7.88. The molecule has 1 rings (SSSR count). The molecule has 0 aliphatic heterocycles. The number of aliphatic hydroxyl groups is 1. The van der Waals surface area contributed by atoms with E-state index >= 15 is 0 Å². The zero-order chi connectivity index (χ0) is 12.7. The molecule has 1 aromatic carbocycles. The highest BCUT2D eigenvalue weighted by Gasteiger charge is 2.10. The largest absolute Gasteiger partial charge is 0.388 e. The van der Waals surface area contributed by atoms with Crippen LogP contribution in [0, 0.1) is 6.92 Å². The molecule has 0 amide bonds. The number of benzene rings is 1. The minimum absolute atomic E-state index is 0.328. The highest BCUT2D eigenvalue weighted by Crippen LogP contribution is 2.28. The van der Waals surface area contributed by atoms with Gasteiger partial charge >= 0.3 is 0 Å². The molecular formula is C15H23BrO. The van der Waals surface area contributed by atoms with Crippen LogP contribution in [0.2, 0.25) is 0 Å². The molecule has 1 N–H and O–H groups in total. The molecule has 2 heteroatoms. The lowest BCUT2D eigenvalue weighted by Crippen LogP contribution is -1.99. The van der Waals surface area contributed by atoms with Gasteiger partial charge in [-0.3, -0.25) is 0 Å². The number of rotatable bonds is 7. The van der Waals surface area contributed by atoms with Crippen molar-refractivity contribution in [3.8, 4) is 0 Å². The maximum atomic E-state index is 10.2. The van der Waals surface area contributed by atoms with Crippen molar-refractivity contribution in [2.75, 3.05) is 0 Å². The summed E-state index contributed by atoms with van der Waals surface area (Å²) in [5.41, 5.74) is 2.23. The van der Waals surface area contributed by atoms with Crippen LogP contribution in [-0.2, 0) is 0 Å². The summed E-state index contributed by atoms with van der Waals surface area (Å²) in [5.74, 6) is 0. The molecule has 1 unspecified atom stereocenters. The first-order chi connectivity index (χ1) is 8.15. The molecule has 0 saturated heterocycles. The Labute approximate surface area is 113 Å². The Balaban J connectivity index is 2.41. The van der Waals surface area contributed by atoms with E-state index in [1.54, 1.807) is 0 Å². The van der Waals surface area contributed by atoms with Gasteiger partial charge in [0, 0.05) is 4.47 Å². The molecule has 0 spiro atoms. The Hall–Kier alpha value is -0.340. The van der Waals surface area contributed by atoms with Gasteiger partial charge in [0.1, 0.15) is 0 Å². The highest BCUT2D eigenvalue weighted by atomic mass is 79.9. The summed E-state index contributed by atoms with van der Waals surface area (Å²) in [5, 5.41) is 10.2. The Morgan fingerprint density at radius 1 is 1.18 bits per heavy atom. The molecule has 1 atom stereocenters. The van der Waals surface area contributed by atoms with Gasteiger partial charge in [-0.1, -0.05) is 72.7 Å². The second-order valence-corrected chi connectivity index (χ2v) is 5.60. The quantitative estimate of drug-likeness (QED) is 0.690. The first-order valence-corrected chi connectivity index (χ1v) is 7.38. The van der Waals surface area contributed by atoms with Crippen molar-refractivity contribution in [1.29, 1.82) is 0 Å². The monoisotopic (exact) mass is 298 g/mol. The molecule has 0 saturated carbocycles. The van der Waals surface area contributed by atoms with Crippen LogP contribution < -0.4 is 0 Å². The molecule has 17 heavy (non-hydrogen) atoms. The number of halogens is 1. The van der Waals surface area contributed by atoms with E-state index in [1.165, 1.54) is 31.2 Å². The predicted molar refractivity (Wildman–Crippen MR) is 77.2 cm³/mol. The van der Waals surface area contributed by atoms with Crippen LogP contribution in [-0.4, -0.2) is 5.11 Å². The average Bonchev–Trinajstić information content (AvgIpc) is 2.32. The van der Waals surface area contributed by atoms with Gasteiger partial charge in [-0.25, -0.2) is 0 Å². The average molecular weight is 299 g/mol. The molecule has 0 aliphatic rings. The van der Waals surface area contributed by atoms with E-state index in [4.69, 9.17) is 0 Å². The van der Waals surface area contributed by atoms with Crippen LogP contribution in [0.25, 0.3) is 0 Å². The summed E-state index contributed by atoms with van der Waals surface area (Å²) in [6.45, 7) is 4.28. The van der Waals surface area contributed by atoms with Gasteiger partial charge < -0.3 is 5.11 Å². The molecule has 0 aromatic heterocycles. The van der Waals surface area contributed by atoms with Crippen molar-refractivity contribution in [3.63, 3.8) is 0 Å². The van der Waals surface area contributed by atoms with E-state index in [0.29, 0.717) is 0 Å². The maximum absolute atomic E-state index is 10.2. The SMILES string of the molecule is CCCCCCCC(O)c1cc(C)ccc1Br. The predicted octanol–water partition coefficient (Wildman–Crippen LogP) is 5.15. The summed E-state index contributed by atoms with van der Waals surface area (Å²) in [6.07, 6.45) is 6.75. The number of aryl methyl sites for hydroxylation is 1. The second-order valence-electron chi connectivity index (χ2n) is 4.74. The summed E-state index contributed by atoms with van der Waals surface area (Å²) < 4.78 is 1.02. The fourth-order valence-electron chi connectivity index (χ4n) is 2.02. The van der Waals surface area contributed by atoms with Crippen LogP contribution >= 0.6 is 15.9 Å². The Morgan fingerprint density at radius 2 is 1.88 bits per heavy atom. The molecule has 0 fully saturated rings. The van der Waals surface area contributed by atoms with Crippen molar-refractivity contribution < 1.29 is 5.11 Å². The van der Waals surface area contributed by atoms with E-state index in [9.17, 15) is 5.11 Å². The zero-order valence-corrected chi connectivity index (χ0v) is 12.5. The Bertz CT molecular complexity index is 336. The Kier molecular flexibility index (Phi) is 6.83. The molecule has 0 bridgehead atoms. The van der Waals surface area contributed by atoms with Gasteiger partial charge in [-0.2, -0.15) is 0 Å². The van der Waals surface area contributed by atoms with Crippen molar-refractivity contribution >= 4 is 15.9 Å². The lowest BCUT2D eigenvalue weighted by Gasteiger charge is -2.13. The van der Waals surface area contributed by atoms with Gasteiger partial charge in [-0.15, -0.1) is 0 Å². The molecule has 0 heterocycles. The third-order valence-electron chi connectivity index (χ3n) is 3.09. The third kappa shape index (κ3) is 5.22. The fourth-order valence-corrected chi connectivity index (χ4v) is 2.53.